The van der Waals surface area contributed by atoms with Crippen LogP contribution in [0.5, 0.6) is 5.75 Å². The number of benzene rings is 3. The molecule has 0 saturated carbocycles. The van der Waals surface area contributed by atoms with Crippen LogP contribution in [0, 0.1) is 6.92 Å². The summed E-state index contributed by atoms with van der Waals surface area (Å²) in [4.78, 5) is 39.1. The Labute approximate surface area is 206 Å². The molecule has 6 nitrogen and oxygen atoms in total. The van der Waals surface area contributed by atoms with Crippen LogP contribution in [-0.4, -0.2) is 17.8 Å². The van der Waals surface area contributed by atoms with E-state index in [-0.39, 0.29) is 10.7 Å². The van der Waals surface area contributed by atoms with Crippen LogP contribution in [0.15, 0.2) is 77.5 Å². The van der Waals surface area contributed by atoms with E-state index in [0.29, 0.717) is 27.7 Å². The molecular weight excluding hydrogens is 475 g/mol. The molecule has 8 heteroatoms. The number of ether oxygens (including phenoxy) is 1. The highest BCUT2D eigenvalue weighted by molar-refractivity contribution is 6.53. The first-order chi connectivity index (χ1) is 16.3. The van der Waals surface area contributed by atoms with Gasteiger partial charge in [-0.25, -0.2) is 9.69 Å². The molecule has 0 radical (unpaired) electrons. The smallest absolute Gasteiger partial charge is 0.343 e. The lowest BCUT2D eigenvalue weighted by Gasteiger charge is -2.15. The summed E-state index contributed by atoms with van der Waals surface area (Å²) < 4.78 is 5.43. The zero-order valence-corrected chi connectivity index (χ0v) is 19.9. The highest BCUT2D eigenvalue weighted by atomic mass is 35.5. The minimum Gasteiger partial charge on any atom is -0.423 e. The number of aryl methyl sites for hydroxylation is 2. The Kier molecular flexibility index (Phi) is 6.72. The van der Waals surface area contributed by atoms with Crippen molar-refractivity contribution in [2.75, 3.05) is 10.2 Å². The van der Waals surface area contributed by atoms with Crippen LogP contribution in [0.3, 0.4) is 0 Å². The summed E-state index contributed by atoms with van der Waals surface area (Å²) in [7, 11) is 0. The van der Waals surface area contributed by atoms with Crippen molar-refractivity contribution >= 4 is 52.4 Å². The average Bonchev–Trinajstić information content (AvgIpc) is 3.04. The summed E-state index contributed by atoms with van der Waals surface area (Å²) in [6.07, 6.45) is 0.844. The fourth-order valence-electron chi connectivity index (χ4n) is 3.45. The summed E-state index contributed by atoms with van der Waals surface area (Å²) in [5.74, 6) is -1.28. The molecule has 0 aliphatic carbocycles. The van der Waals surface area contributed by atoms with Gasteiger partial charge in [0.25, 0.3) is 11.8 Å². The standard InChI is InChI=1S/C26H20Cl2N2O4/c1-3-16-4-11-20(12-5-16)30-24(31)22(28)23(25(30)32)29-19-9-6-17(7-10-19)26(33)34-21-13-8-18(27)14-15(21)2/h4-14,29H,3H2,1-2H3. The number of anilines is 2. The molecule has 0 saturated heterocycles. The van der Waals surface area contributed by atoms with Crippen molar-refractivity contribution in [3.8, 4) is 5.75 Å². The van der Waals surface area contributed by atoms with E-state index in [1.165, 1.54) is 0 Å². The van der Waals surface area contributed by atoms with Gasteiger partial charge in [-0.3, -0.25) is 9.59 Å². The Morgan fingerprint density at radius 3 is 2.24 bits per heavy atom. The summed E-state index contributed by atoms with van der Waals surface area (Å²) >= 11 is 12.1. The van der Waals surface area contributed by atoms with Gasteiger partial charge in [0.1, 0.15) is 16.5 Å². The average molecular weight is 495 g/mol. The van der Waals surface area contributed by atoms with Crippen molar-refractivity contribution in [2.45, 2.75) is 20.3 Å². The first-order valence-electron chi connectivity index (χ1n) is 10.5. The molecule has 3 aromatic carbocycles. The summed E-state index contributed by atoms with van der Waals surface area (Å²) in [6.45, 7) is 3.81. The number of nitrogens with zero attached hydrogens (tertiary/aromatic N) is 1. The zero-order valence-electron chi connectivity index (χ0n) is 18.4. The van der Waals surface area contributed by atoms with Gasteiger partial charge in [0, 0.05) is 10.7 Å². The van der Waals surface area contributed by atoms with Crippen molar-refractivity contribution in [1.29, 1.82) is 0 Å². The second-order valence-electron chi connectivity index (χ2n) is 7.66. The molecular formula is C26H20Cl2N2O4. The lowest BCUT2D eigenvalue weighted by molar-refractivity contribution is -0.120. The molecule has 1 aliphatic heterocycles. The van der Waals surface area contributed by atoms with Gasteiger partial charge < -0.3 is 10.1 Å². The summed E-state index contributed by atoms with van der Waals surface area (Å²) in [6, 6.07) is 18.4. The molecule has 172 valence electrons. The van der Waals surface area contributed by atoms with Gasteiger partial charge in [0.2, 0.25) is 0 Å². The highest BCUT2D eigenvalue weighted by Gasteiger charge is 2.38. The molecule has 0 fully saturated rings. The van der Waals surface area contributed by atoms with Crippen molar-refractivity contribution < 1.29 is 19.1 Å². The Morgan fingerprint density at radius 2 is 1.62 bits per heavy atom. The maximum Gasteiger partial charge on any atom is 0.343 e. The molecule has 1 heterocycles. The fourth-order valence-corrected chi connectivity index (χ4v) is 3.89. The molecule has 1 aliphatic rings. The maximum atomic E-state index is 12.9. The Morgan fingerprint density at radius 1 is 0.941 bits per heavy atom. The van der Waals surface area contributed by atoms with Gasteiger partial charge in [-0.1, -0.05) is 42.3 Å². The predicted molar refractivity (Wildman–Crippen MR) is 132 cm³/mol. The number of esters is 1. The number of carbonyl (C=O) groups is 3. The zero-order chi connectivity index (χ0) is 24.4. The predicted octanol–water partition coefficient (Wildman–Crippen LogP) is 5.87. The van der Waals surface area contributed by atoms with Gasteiger partial charge in [0.15, 0.2) is 0 Å². The number of rotatable bonds is 6. The van der Waals surface area contributed by atoms with E-state index in [1.807, 2.05) is 19.1 Å². The van der Waals surface area contributed by atoms with E-state index in [4.69, 9.17) is 27.9 Å². The molecule has 0 aromatic heterocycles. The van der Waals surface area contributed by atoms with Crippen LogP contribution in [0.4, 0.5) is 11.4 Å². The highest BCUT2D eigenvalue weighted by Crippen LogP contribution is 2.30. The van der Waals surface area contributed by atoms with Crippen LogP contribution >= 0.6 is 23.2 Å². The molecule has 2 amide bonds. The third kappa shape index (κ3) is 4.69. The summed E-state index contributed by atoms with van der Waals surface area (Å²) in [5.41, 5.74) is 3.03. The molecule has 0 unspecified atom stereocenters. The van der Waals surface area contributed by atoms with E-state index in [1.54, 1.807) is 61.5 Å². The molecule has 3 aromatic rings. The second-order valence-corrected chi connectivity index (χ2v) is 8.47. The second kappa shape index (κ2) is 9.71. The number of nitrogens with one attached hydrogen (secondary N) is 1. The van der Waals surface area contributed by atoms with E-state index in [2.05, 4.69) is 5.32 Å². The van der Waals surface area contributed by atoms with Gasteiger partial charge >= 0.3 is 5.97 Å². The third-order valence-corrected chi connectivity index (χ3v) is 5.95. The number of hydrogen-bond acceptors (Lipinski definition) is 5. The first kappa shape index (κ1) is 23.5. The Hall–Kier alpha value is -3.61. The number of imide groups is 1. The molecule has 4 rings (SSSR count). The van der Waals surface area contributed by atoms with Crippen molar-refractivity contribution in [2.24, 2.45) is 0 Å². The van der Waals surface area contributed by atoms with Crippen molar-refractivity contribution in [1.82, 2.24) is 0 Å². The molecule has 0 bridgehead atoms. The quantitative estimate of drug-likeness (QED) is 0.263. The largest absolute Gasteiger partial charge is 0.423 e. The Bertz CT molecular complexity index is 1320. The first-order valence-corrected chi connectivity index (χ1v) is 11.3. The van der Waals surface area contributed by atoms with Gasteiger partial charge in [-0.05, 0) is 79.1 Å². The summed E-state index contributed by atoms with van der Waals surface area (Å²) in [5, 5.41) is 3.24. The molecule has 0 atom stereocenters. The van der Waals surface area contributed by atoms with Gasteiger partial charge in [-0.2, -0.15) is 0 Å². The van der Waals surface area contributed by atoms with E-state index >= 15 is 0 Å². The lowest BCUT2D eigenvalue weighted by atomic mass is 10.1. The van der Waals surface area contributed by atoms with Crippen LogP contribution in [0.25, 0.3) is 0 Å². The van der Waals surface area contributed by atoms with E-state index in [9.17, 15) is 14.4 Å². The fraction of sp³-hybridized carbons (Fsp3) is 0.115. The van der Waals surface area contributed by atoms with Crippen molar-refractivity contribution in [3.05, 3.63) is 99.2 Å². The maximum absolute atomic E-state index is 12.9. The molecule has 1 N–H and O–H groups in total. The van der Waals surface area contributed by atoms with Crippen LogP contribution in [0.1, 0.15) is 28.4 Å². The number of carbonyl (C=O) groups excluding carboxylic acids is 3. The lowest BCUT2D eigenvalue weighted by Crippen LogP contribution is -2.32. The number of amides is 2. The molecule has 34 heavy (non-hydrogen) atoms. The van der Waals surface area contributed by atoms with Crippen LogP contribution in [-0.2, 0) is 16.0 Å². The Balaban J connectivity index is 1.47. The third-order valence-electron chi connectivity index (χ3n) is 5.36. The van der Waals surface area contributed by atoms with E-state index < -0.39 is 17.8 Å². The topological polar surface area (TPSA) is 75.7 Å². The number of halogens is 2. The minimum atomic E-state index is -0.600. The monoisotopic (exact) mass is 494 g/mol. The number of hydrogen-bond donors (Lipinski definition) is 1. The molecule has 0 spiro atoms. The normalized spacial score (nSPS) is 13.5. The van der Waals surface area contributed by atoms with E-state index in [0.717, 1.165) is 22.4 Å². The van der Waals surface area contributed by atoms with Crippen molar-refractivity contribution in [3.63, 3.8) is 0 Å². The van der Waals surface area contributed by atoms with Crippen LogP contribution < -0.4 is 15.0 Å². The SMILES string of the molecule is CCc1ccc(N2C(=O)C(Cl)=C(Nc3ccc(C(=O)Oc4ccc(Cl)cc4C)cc3)C2=O)cc1. The van der Waals surface area contributed by atoms with Gasteiger partial charge in [0.05, 0.1) is 11.3 Å². The van der Waals surface area contributed by atoms with Crippen LogP contribution in [0.2, 0.25) is 5.02 Å². The minimum absolute atomic E-state index is 0.0293. The van der Waals surface area contributed by atoms with Gasteiger partial charge in [-0.15, -0.1) is 0 Å².